The Balaban J connectivity index is 0.977. The van der Waals surface area contributed by atoms with E-state index in [4.69, 9.17) is 9.97 Å². The molecule has 3 saturated carbocycles. The first-order valence-corrected chi connectivity index (χ1v) is 18.6. The number of likely N-dealkylation sites (N-methyl/N-ethyl adjacent to an activating group) is 1. The summed E-state index contributed by atoms with van der Waals surface area (Å²) in [6.45, 7) is 4.49. The summed E-state index contributed by atoms with van der Waals surface area (Å²) in [5.41, 5.74) is 6.64. The van der Waals surface area contributed by atoms with Crippen LogP contribution in [0.25, 0.3) is 11.1 Å². The number of carbonyl (C=O) groups is 1. The second kappa shape index (κ2) is 14.5. The Labute approximate surface area is 300 Å². The highest BCUT2D eigenvalue weighted by Gasteiger charge is 2.49. The van der Waals surface area contributed by atoms with E-state index in [1.165, 1.54) is 18.4 Å². The van der Waals surface area contributed by atoms with Crippen molar-refractivity contribution in [1.29, 1.82) is 0 Å². The minimum absolute atomic E-state index is 0.172. The Morgan fingerprint density at radius 2 is 1.65 bits per heavy atom. The zero-order valence-corrected chi connectivity index (χ0v) is 29.4. The summed E-state index contributed by atoms with van der Waals surface area (Å²) in [5, 5.41) is 17.2. The quantitative estimate of drug-likeness (QED) is 0.126. The number of anilines is 3. The highest BCUT2D eigenvalue weighted by Crippen LogP contribution is 2.51. The van der Waals surface area contributed by atoms with Crippen LogP contribution in [0.3, 0.4) is 0 Å². The summed E-state index contributed by atoms with van der Waals surface area (Å²) in [6.07, 6.45) is 12.1. The van der Waals surface area contributed by atoms with Gasteiger partial charge < -0.3 is 20.6 Å². The molecule has 0 unspecified atom stereocenters. The molecule has 0 spiro atoms. The summed E-state index contributed by atoms with van der Waals surface area (Å²) in [4.78, 5) is 31.7. The predicted molar refractivity (Wildman–Crippen MR) is 201 cm³/mol. The van der Waals surface area contributed by atoms with Crippen molar-refractivity contribution in [2.45, 2.75) is 75.5 Å². The molecule has 8 rings (SSSR count). The number of carbonyl (C=O) groups excluding carboxylic acids is 1. The Bertz CT molecular complexity index is 1910. The lowest BCUT2D eigenvalue weighted by Crippen LogP contribution is -2.49. The third-order valence-corrected chi connectivity index (χ3v) is 11.1. The molecule has 0 amide bonds. The van der Waals surface area contributed by atoms with Crippen LogP contribution >= 0.6 is 0 Å². The number of hydrogen-bond acceptors (Lipinski definition) is 9. The van der Waals surface area contributed by atoms with Crippen LogP contribution in [0.15, 0.2) is 73.1 Å². The number of ketones is 1. The lowest BCUT2D eigenvalue weighted by Gasteiger charge is -2.38. The molecule has 9 heteroatoms. The zero-order chi connectivity index (χ0) is 34.8. The van der Waals surface area contributed by atoms with Crippen molar-refractivity contribution in [3.05, 3.63) is 95.4 Å². The minimum atomic E-state index is -0.219. The van der Waals surface area contributed by atoms with E-state index in [9.17, 15) is 9.90 Å². The van der Waals surface area contributed by atoms with E-state index in [1.807, 2.05) is 30.5 Å². The van der Waals surface area contributed by atoms with Crippen molar-refractivity contribution in [2.24, 2.45) is 5.92 Å². The number of nitrogens with zero attached hydrogens (tertiary/aromatic N) is 5. The topological polar surface area (TPSA) is 107 Å². The molecule has 1 aliphatic heterocycles. The first-order chi connectivity index (χ1) is 24.9. The number of hydrogen-bond donors (Lipinski definition) is 3. The summed E-state index contributed by atoms with van der Waals surface area (Å²) >= 11 is 0. The maximum Gasteiger partial charge on any atom is 0.229 e. The van der Waals surface area contributed by atoms with Gasteiger partial charge in [0, 0.05) is 79.0 Å². The fourth-order valence-electron chi connectivity index (χ4n) is 7.55. The average Bonchev–Trinajstić information content (AvgIpc) is 4.10. The number of pyridine rings is 1. The molecular formula is C42H47N7O2. The van der Waals surface area contributed by atoms with Gasteiger partial charge in [0.1, 0.15) is 11.5 Å². The van der Waals surface area contributed by atoms with Gasteiger partial charge in [0.25, 0.3) is 0 Å². The van der Waals surface area contributed by atoms with Gasteiger partial charge >= 0.3 is 0 Å². The fraction of sp³-hybridized carbons (Fsp3) is 0.429. The number of benzene rings is 2. The lowest BCUT2D eigenvalue weighted by molar-refractivity contribution is 0.0974. The third-order valence-electron chi connectivity index (χ3n) is 11.1. The molecule has 0 bridgehead atoms. The highest BCUT2D eigenvalue weighted by molar-refractivity contribution is 5.96. The molecular weight excluding hydrogens is 635 g/mol. The average molecular weight is 682 g/mol. The van der Waals surface area contributed by atoms with Crippen LogP contribution in [0.5, 0.6) is 0 Å². The fourth-order valence-corrected chi connectivity index (χ4v) is 7.55. The van der Waals surface area contributed by atoms with Gasteiger partial charge in [0.2, 0.25) is 5.95 Å². The molecule has 262 valence electrons. The number of rotatable bonds is 10. The largest absolute Gasteiger partial charge is 0.393 e. The van der Waals surface area contributed by atoms with Crippen molar-refractivity contribution in [3.63, 3.8) is 0 Å². The van der Waals surface area contributed by atoms with Gasteiger partial charge in [0.15, 0.2) is 5.78 Å². The van der Waals surface area contributed by atoms with E-state index in [0.29, 0.717) is 29.5 Å². The number of aliphatic hydroxyl groups excluding tert-OH is 1. The van der Waals surface area contributed by atoms with Gasteiger partial charge in [0.05, 0.1) is 6.10 Å². The molecule has 2 aromatic carbocycles. The monoisotopic (exact) mass is 681 g/mol. The second-order valence-electron chi connectivity index (χ2n) is 15.0. The molecule has 4 aliphatic rings. The number of aromatic nitrogens is 3. The standard InChI is InChI=1S/C42H47N7O2/c1-48-22-24-49(25-23-48)42(19-20-42)33-9-7-31(8-10-33)38-28-44-41(47-40(38)45-34-14-16-37(50)17-15-34)46-35-11-4-29(5-12-35)6-13-36-27-32(18-21-43-36)39(51)26-30-2-3-30/h4-5,7-12,18,21,27-28,30,34,37,50H,2-3,14-17,19-20,22-26H2,1H3,(H2,44,45,46,47). The molecule has 1 saturated heterocycles. The predicted octanol–water partition coefficient (Wildman–Crippen LogP) is 6.62. The third kappa shape index (κ3) is 7.99. The number of piperazine rings is 1. The number of aliphatic hydroxyl groups is 1. The zero-order valence-electron chi connectivity index (χ0n) is 29.4. The normalized spacial score (nSPS) is 21.7. The van der Waals surface area contributed by atoms with E-state index in [2.05, 4.69) is 68.6 Å². The summed E-state index contributed by atoms with van der Waals surface area (Å²) in [5.74, 6) is 8.32. The molecule has 51 heavy (non-hydrogen) atoms. The van der Waals surface area contributed by atoms with E-state index >= 15 is 0 Å². The lowest BCUT2D eigenvalue weighted by atomic mass is 9.93. The number of nitrogens with one attached hydrogen (secondary N) is 2. The SMILES string of the molecule is CN1CCN(C2(c3ccc(-c4cnc(Nc5ccc(C#Cc6cc(C(=O)CC7CC7)ccn6)cc5)nc4NC4CCC(O)CC4)cc3)CC2)CC1. The van der Waals surface area contributed by atoms with E-state index in [0.717, 1.165) is 92.9 Å². The van der Waals surface area contributed by atoms with Crippen molar-refractivity contribution in [3.8, 4) is 23.0 Å². The van der Waals surface area contributed by atoms with Gasteiger partial charge in [-0.25, -0.2) is 9.97 Å². The highest BCUT2D eigenvalue weighted by atomic mass is 16.3. The summed E-state index contributed by atoms with van der Waals surface area (Å²) in [7, 11) is 2.21. The Morgan fingerprint density at radius 3 is 2.35 bits per heavy atom. The van der Waals surface area contributed by atoms with Crippen LogP contribution in [0.4, 0.5) is 17.5 Å². The van der Waals surface area contributed by atoms with Crippen LogP contribution in [0, 0.1) is 17.8 Å². The van der Waals surface area contributed by atoms with Gasteiger partial charge in [-0.1, -0.05) is 30.2 Å². The van der Waals surface area contributed by atoms with Gasteiger partial charge in [-0.2, -0.15) is 4.98 Å². The molecule has 0 atom stereocenters. The van der Waals surface area contributed by atoms with Crippen molar-refractivity contribution < 1.29 is 9.90 Å². The Kier molecular flexibility index (Phi) is 9.56. The molecule has 3 aliphatic carbocycles. The molecule has 2 aromatic heterocycles. The van der Waals surface area contributed by atoms with Crippen molar-refractivity contribution in [1.82, 2.24) is 24.8 Å². The van der Waals surface area contributed by atoms with Crippen molar-refractivity contribution in [2.75, 3.05) is 43.9 Å². The van der Waals surface area contributed by atoms with Crippen LogP contribution in [0.2, 0.25) is 0 Å². The van der Waals surface area contributed by atoms with Crippen molar-refractivity contribution >= 4 is 23.2 Å². The molecule has 3 heterocycles. The molecule has 0 radical (unpaired) electrons. The Hall–Kier alpha value is -4.62. The maximum atomic E-state index is 12.5. The second-order valence-corrected chi connectivity index (χ2v) is 15.0. The van der Waals surface area contributed by atoms with E-state index in [1.54, 1.807) is 18.3 Å². The van der Waals surface area contributed by atoms with E-state index in [-0.39, 0.29) is 23.5 Å². The first kappa shape index (κ1) is 33.5. The minimum Gasteiger partial charge on any atom is -0.393 e. The van der Waals surface area contributed by atoms with Crippen LogP contribution < -0.4 is 10.6 Å². The van der Waals surface area contributed by atoms with E-state index < -0.39 is 0 Å². The molecule has 4 aromatic rings. The Morgan fingerprint density at radius 1 is 0.902 bits per heavy atom. The maximum absolute atomic E-state index is 12.5. The smallest absolute Gasteiger partial charge is 0.229 e. The van der Waals surface area contributed by atoms with Gasteiger partial charge in [-0.05, 0) is 118 Å². The molecule has 9 nitrogen and oxygen atoms in total. The molecule has 3 N–H and O–H groups in total. The summed E-state index contributed by atoms with van der Waals surface area (Å²) in [6, 6.07) is 20.7. The van der Waals surface area contributed by atoms with Crippen LogP contribution in [-0.4, -0.2) is 81.0 Å². The van der Waals surface area contributed by atoms with Crippen LogP contribution in [0.1, 0.15) is 85.0 Å². The van der Waals surface area contributed by atoms with Gasteiger partial charge in [-0.3, -0.25) is 9.69 Å². The molecule has 4 fully saturated rings. The first-order valence-electron chi connectivity index (χ1n) is 18.6. The summed E-state index contributed by atoms with van der Waals surface area (Å²) < 4.78 is 0. The van der Waals surface area contributed by atoms with Gasteiger partial charge in [-0.15, -0.1) is 0 Å². The van der Waals surface area contributed by atoms with Crippen LogP contribution in [-0.2, 0) is 5.54 Å². The number of Topliss-reactive ketones (excluding diaryl/α,β-unsaturated/α-hetero) is 1.